The summed E-state index contributed by atoms with van der Waals surface area (Å²) in [7, 11) is 0. The Morgan fingerprint density at radius 1 is 1.04 bits per heavy atom. The second-order valence-electron chi connectivity index (χ2n) is 6.51. The molecular weight excluding hydrogens is 387 g/mol. The minimum atomic E-state index is -0.394. The number of carbonyl (C=O) groups excluding carboxylic acids is 1. The molecule has 1 saturated heterocycles. The molecule has 1 aliphatic heterocycles. The van der Waals surface area contributed by atoms with Gasteiger partial charge < -0.3 is 14.8 Å². The Labute approximate surface area is 169 Å². The number of rotatable bonds is 8. The Morgan fingerprint density at radius 3 is 2.33 bits per heavy atom. The number of ether oxygens (including phenoxy) is 2. The molecule has 3 rings (SSSR count). The van der Waals surface area contributed by atoms with Gasteiger partial charge in [-0.05, 0) is 42.0 Å². The molecule has 2 aromatic carbocycles. The van der Waals surface area contributed by atoms with E-state index in [1.54, 1.807) is 12.1 Å². The molecular formula is C20H22Cl2N2O3. The van der Waals surface area contributed by atoms with Crippen molar-refractivity contribution >= 4 is 29.3 Å². The van der Waals surface area contributed by atoms with Crippen molar-refractivity contribution < 1.29 is 14.3 Å². The Balaban J connectivity index is 1.23. The number of nitrogens with one attached hydrogen (secondary N) is 1. The molecule has 0 spiro atoms. The van der Waals surface area contributed by atoms with Gasteiger partial charge in [0.25, 0.3) is 0 Å². The Morgan fingerprint density at radius 2 is 1.67 bits per heavy atom. The summed E-state index contributed by atoms with van der Waals surface area (Å²) < 4.78 is 10.9. The van der Waals surface area contributed by atoms with Gasteiger partial charge in [0.1, 0.15) is 19.0 Å². The van der Waals surface area contributed by atoms with E-state index >= 15 is 0 Å². The predicted molar refractivity (Wildman–Crippen MR) is 107 cm³/mol. The van der Waals surface area contributed by atoms with Crippen molar-refractivity contribution in [2.45, 2.75) is 6.61 Å². The van der Waals surface area contributed by atoms with Crippen LogP contribution in [0.1, 0.15) is 5.56 Å². The normalized spacial score (nSPS) is 14.4. The maximum absolute atomic E-state index is 11.8. The third-order valence-electron chi connectivity index (χ3n) is 4.34. The van der Waals surface area contributed by atoms with Crippen LogP contribution in [-0.2, 0) is 11.3 Å². The number of amides is 1. The van der Waals surface area contributed by atoms with Crippen LogP contribution in [0.3, 0.4) is 0 Å². The molecule has 7 heteroatoms. The van der Waals surface area contributed by atoms with E-state index in [-0.39, 0.29) is 6.61 Å². The van der Waals surface area contributed by atoms with Gasteiger partial charge in [-0.2, -0.15) is 0 Å². The van der Waals surface area contributed by atoms with Crippen LogP contribution in [0.5, 0.6) is 5.75 Å². The van der Waals surface area contributed by atoms with Crippen molar-refractivity contribution in [1.29, 1.82) is 0 Å². The van der Waals surface area contributed by atoms with Gasteiger partial charge in [-0.1, -0.05) is 35.3 Å². The molecule has 0 atom stereocenters. The zero-order valence-electron chi connectivity index (χ0n) is 14.9. The molecule has 1 aliphatic rings. The largest absolute Gasteiger partial charge is 0.492 e. The van der Waals surface area contributed by atoms with Gasteiger partial charge in [-0.3, -0.25) is 4.90 Å². The lowest BCUT2D eigenvalue weighted by atomic mass is 10.0. The average Bonchev–Trinajstić information content (AvgIpc) is 2.64. The highest BCUT2D eigenvalue weighted by atomic mass is 35.5. The summed E-state index contributed by atoms with van der Waals surface area (Å²) in [5, 5.41) is 4.18. The van der Waals surface area contributed by atoms with Gasteiger partial charge in [0.2, 0.25) is 0 Å². The summed E-state index contributed by atoms with van der Waals surface area (Å²) in [5.41, 5.74) is 0.907. The van der Waals surface area contributed by atoms with Crippen molar-refractivity contribution in [3.63, 3.8) is 0 Å². The van der Waals surface area contributed by atoms with E-state index in [1.807, 2.05) is 36.4 Å². The fourth-order valence-corrected chi connectivity index (χ4v) is 3.07. The van der Waals surface area contributed by atoms with E-state index in [0.717, 1.165) is 30.9 Å². The first-order valence-electron chi connectivity index (χ1n) is 8.84. The zero-order valence-corrected chi connectivity index (χ0v) is 16.4. The number of likely N-dealkylation sites (tertiary alicyclic amines) is 1. The van der Waals surface area contributed by atoms with E-state index < -0.39 is 6.09 Å². The second-order valence-corrected chi connectivity index (χ2v) is 7.38. The van der Waals surface area contributed by atoms with Crippen LogP contribution < -0.4 is 10.1 Å². The van der Waals surface area contributed by atoms with Crippen LogP contribution in [-0.4, -0.2) is 43.8 Å². The van der Waals surface area contributed by atoms with E-state index in [1.165, 1.54) is 0 Å². The lowest BCUT2D eigenvalue weighted by Crippen LogP contribution is -2.52. The minimum Gasteiger partial charge on any atom is -0.492 e. The number of alkyl carbamates (subject to hydrolysis) is 1. The lowest BCUT2D eigenvalue weighted by molar-refractivity contribution is 0.0783. The Bertz CT molecular complexity index is 732. The molecule has 0 radical (unpaired) electrons. The molecule has 0 aliphatic carbocycles. The molecule has 144 valence electrons. The van der Waals surface area contributed by atoms with E-state index in [2.05, 4.69) is 10.2 Å². The van der Waals surface area contributed by atoms with Gasteiger partial charge in [0, 0.05) is 42.1 Å². The summed E-state index contributed by atoms with van der Waals surface area (Å²) >= 11 is 11.7. The van der Waals surface area contributed by atoms with Gasteiger partial charge >= 0.3 is 6.09 Å². The predicted octanol–water partition coefficient (Wildman–Crippen LogP) is 4.23. The highest BCUT2D eigenvalue weighted by Crippen LogP contribution is 2.17. The van der Waals surface area contributed by atoms with E-state index in [0.29, 0.717) is 29.1 Å². The fraction of sp³-hybridized carbons (Fsp3) is 0.350. The zero-order chi connectivity index (χ0) is 19.1. The number of carbonyl (C=O) groups is 1. The maximum Gasteiger partial charge on any atom is 0.407 e. The van der Waals surface area contributed by atoms with Crippen molar-refractivity contribution in [2.24, 2.45) is 5.92 Å². The second kappa shape index (κ2) is 9.83. The third kappa shape index (κ3) is 6.61. The number of hydrogen-bond acceptors (Lipinski definition) is 4. The van der Waals surface area contributed by atoms with Crippen molar-refractivity contribution in [3.8, 4) is 5.75 Å². The summed E-state index contributed by atoms with van der Waals surface area (Å²) in [5.74, 6) is 1.27. The van der Waals surface area contributed by atoms with Gasteiger partial charge in [-0.25, -0.2) is 4.79 Å². The quantitative estimate of drug-likeness (QED) is 0.709. The monoisotopic (exact) mass is 408 g/mol. The van der Waals surface area contributed by atoms with Crippen LogP contribution in [0.4, 0.5) is 4.79 Å². The summed E-state index contributed by atoms with van der Waals surface area (Å²) in [6.07, 6.45) is -0.394. The highest BCUT2D eigenvalue weighted by molar-refractivity contribution is 6.30. The SMILES string of the molecule is O=C(NCC1CN(CCOc2ccc(Cl)cc2)C1)OCc1ccc(Cl)cc1. The smallest absolute Gasteiger partial charge is 0.407 e. The molecule has 0 saturated carbocycles. The van der Waals surface area contributed by atoms with Crippen molar-refractivity contribution in [2.75, 3.05) is 32.8 Å². The Kier molecular flexibility index (Phi) is 7.21. The van der Waals surface area contributed by atoms with Crippen LogP contribution in [0.25, 0.3) is 0 Å². The first kappa shape index (κ1) is 19.8. The lowest BCUT2D eigenvalue weighted by Gasteiger charge is -2.39. The first-order valence-corrected chi connectivity index (χ1v) is 9.60. The number of nitrogens with zero attached hydrogens (tertiary/aromatic N) is 1. The molecule has 0 aromatic heterocycles. The molecule has 27 heavy (non-hydrogen) atoms. The molecule has 1 heterocycles. The molecule has 0 bridgehead atoms. The van der Waals surface area contributed by atoms with Gasteiger partial charge in [0.05, 0.1) is 0 Å². The van der Waals surface area contributed by atoms with Crippen LogP contribution in [0.2, 0.25) is 10.0 Å². The van der Waals surface area contributed by atoms with E-state index in [9.17, 15) is 4.79 Å². The summed E-state index contributed by atoms with van der Waals surface area (Å²) in [6.45, 7) is 4.24. The summed E-state index contributed by atoms with van der Waals surface area (Å²) in [6, 6.07) is 14.6. The molecule has 0 unspecified atom stereocenters. The fourth-order valence-electron chi connectivity index (χ4n) is 2.82. The number of halogens is 2. The van der Waals surface area contributed by atoms with Gasteiger partial charge in [-0.15, -0.1) is 0 Å². The molecule has 1 N–H and O–H groups in total. The molecule has 1 fully saturated rings. The van der Waals surface area contributed by atoms with Crippen LogP contribution in [0.15, 0.2) is 48.5 Å². The summed E-state index contributed by atoms with van der Waals surface area (Å²) in [4.78, 5) is 14.1. The standard InChI is InChI=1S/C20H22Cl2N2O3/c21-17-3-1-15(2-4-17)14-27-20(25)23-11-16-12-24(13-16)9-10-26-19-7-5-18(22)6-8-19/h1-8,16H,9-14H2,(H,23,25). The van der Waals surface area contributed by atoms with Gasteiger partial charge in [0.15, 0.2) is 0 Å². The maximum atomic E-state index is 11.8. The van der Waals surface area contributed by atoms with Crippen LogP contribution in [0, 0.1) is 5.92 Å². The van der Waals surface area contributed by atoms with Crippen LogP contribution >= 0.6 is 23.2 Å². The molecule has 2 aromatic rings. The topological polar surface area (TPSA) is 50.8 Å². The molecule has 5 nitrogen and oxygen atoms in total. The first-order chi connectivity index (χ1) is 13.1. The number of hydrogen-bond donors (Lipinski definition) is 1. The highest BCUT2D eigenvalue weighted by Gasteiger charge is 2.26. The molecule has 1 amide bonds. The average molecular weight is 409 g/mol. The number of benzene rings is 2. The van der Waals surface area contributed by atoms with Crippen molar-refractivity contribution in [3.05, 3.63) is 64.1 Å². The Hall–Kier alpha value is -1.95. The third-order valence-corrected chi connectivity index (χ3v) is 4.84. The van der Waals surface area contributed by atoms with E-state index in [4.69, 9.17) is 32.7 Å². The minimum absolute atomic E-state index is 0.238. The van der Waals surface area contributed by atoms with Crippen molar-refractivity contribution in [1.82, 2.24) is 10.2 Å².